The van der Waals surface area contributed by atoms with Crippen LogP contribution in [-0.2, 0) is 45.2 Å². The number of likely N-dealkylation sites (tertiary alicyclic amines) is 1. The number of amides is 6. The third-order valence-electron chi connectivity index (χ3n) is 13.0. The number of carboxylic acids is 1. The number of oxazole rings is 1. The van der Waals surface area contributed by atoms with Gasteiger partial charge in [0.05, 0.1) is 52.8 Å². The Morgan fingerprint density at radius 2 is 1.66 bits per heavy atom. The van der Waals surface area contributed by atoms with Gasteiger partial charge in [-0.05, 0) is 69.2 Å². The highest BCUT2D eigenvalue weighted by atomic mass is 32.2. The number of nitrogens with one attached hydrogen (secondary N) is 1. The van der Waals surface area contributed by atoms with E-state index in [1.807, 2.05) is 60.4 Å². The first-order valence-electron chi connectivity index (χ1n) is 24.7. The van der Waals surface area contributed by atoms with Crippen LogP contribution in [0.15, 0.2) is 59.0 Å². The van der Waals surface area contributed by atoms with Crippen molar-refractivity contribution < 1.29 is 52.6 Å². The SMILES string of the molecule is CCc1nc(C)oc1C(=O)Nc1nc2cc(C(N)=O)cc(OCCCN(C)C(=O)CCN3C(=O)CC(SC[C@H](N)C(=O)O)C3=O)c2n1C/C=C/Cn1c2nc(-c3cc(C)nn3CC)ccc2c2cc(C(N)=O)cc(OC)c21. The van der Waals surface area contributed by atoms with Crippen LogP contribution >= 0.6 is 11.8 Å². The van der Waals surface area contributed by atoms with Gasteiger partial charge in [0.1, 0.15) is 28.7 Å². The lowest BCUT2D eigenvalue weighted by molar-refractivity contribution is -0.140. The van der Waals surface area contributed by atoms with Crippen LogP contribution in [0.4, 0.5) is 5.95 Å². The minimum absolute atomic E-state index is 0.0101. The van der Waals surface area contributed by atoms with Gasteiger partial charge in [0, 0.05) is 87.2 Å². The van der Waals surface area contributed by atoms with Gasteiger partial charge in [0.15, 0.2) is 5.89 Å². The predicted molar refractivity (Wildman–Crippen MR) is 285 cm³/mol. The van der Waals surface area contributed by atoms with Gasteiger partial charge in [0.25, 0.3) is 5.91 Å². The number of hydrogen-bond donors (Lipinski definition) is 5. The highest BCUT2D eigenvalue weighted by Crippen LogP contribution is 2.38. The molecule has 25 heteroatoms. The number of anilines is 1. The summed E-state index contributed by atoms with van der Waals surface area (Å²) >= 11 is 0.999. The van der Waals surface area contributed by atoms with Crippen molar-refractivity contribution in [3.63, 3.8) is 0 Å². The Balaban J connectivity index is 1.07. The van der Waals surface area contributed by atoms with Gasteiger partial charge in [-0.3, -0.25) is 48.5 Å². The van der Waals surface area contributed by atoms with Crippen molar-refractivity contribution in [2.45, 2.75) is 84.3 Å². The van der Waals surface area contributed by atoms with Gasteiger partial charge in [-0.15, -0.1) is 11.8 Å². The lowest BCUT2D eigenvalue weighted by Gasteiger charge is -2.20. The van der Waals surface area contributed by atoms with Crippen LogP contribution in [0.25, 0.3) is 44.4 Å². The number of carbonyl (C=O) groups is 7. The maximum absolute atomic E-state index is 13.9. The van der Waals surface area contributed by atoms with Crippen molar-refractivity contribution in [3.05, 3.63) is 88.8 Å². The number of aromatic nitrogens is 7. The molecule has 0 aliphatic carbocycles. The van der Waals surface area contributed by atoms with Gasteiger partial charge in [-0.25, -0.2) is 15.0 Å². The highest BCUT2D eigenvalue weighted by Gasteiger charge is 2.39. The number of aliphatic carboxylic acids is 1. The monoisotopic (exact) mass is 1070 g/mol. The molecule has 1 fully saturated rings. The number of carbonyl (C=O) groups excluding carboxylic acids is 6. The minimum Gasteiger partial charge on any atom is -0.495 e. The van der Waals surface area contributed by atoms with E-state index in [0.29, 0.717) is 64.5 Å². The predicted octanol–water partition coefficient (Wildman–Crippen LogP) is 4.19. The Morgan fingerprint density at radius 3 is 2.35 bits per heavy atom. The van der Waals surface area contributed by atoms with Crippen LogP contribution < -0.4 is 32.0 Å². The number of hydrogen-bond acceptors (Lipinski definition) is 16. The van der Waals surface area contributed by atoms with E-state index in [-0.39, 0.29) is 91.4 Å². The van der Waals surface area contributed by atoms with Crippen LogP contribution in [0.3, 0.4) is 0 Å². The summed E-state index contributed by atoms with van der Waals surface area (Å²) in [6.45, 7) is 8.47. The summed E-state index contributed by atoms with van der Waals surface area (Å²) in [6, 6.07) is 10.9. The highest BCUT2D eigenvalue weighted by molar-refractivity contribution is 8.00. The zero-order valence-corrected chi connectivity index (χ0v) is 44.1. The van der Waals surface area contributed by atoms with Crippen LogP contribution in [-0.4, -0.2) is 141 Å². The molecule has 2 atom stereocenters. The van der Waals surface area contributed by atoms with Crippen LogP contribution in [0.5, 0.6) is 11.5 Å². The Morgan fingerprint density at radius 1 is 0.948 bits per heavy atom. The molecule has 1 aliphatic rings. The third-order valence-corrected chi connectivity index (χ3v) is 14.3. The number of methoxy groups -OCH3 is 1. The molecule has 1 unspecified atom stereocenters. The summed E-state index contributed by atoms with van der Waals surface area (Å²) < 4.78 is 23.5. The Hall–Kier alpha value is -8.58. The fourth-order valence-electron chi connectivity index (χ4n) is 9.15. The van der Waals surface area contributed by atoms with Gasteiger partial charge in [-0.1, -0.05) is 19.1 Å². The molecule has 5 aromatic heterocycles. The molecule has 6 heterocycles. The molecule has 0 radical (unpaired) electrons. The Bertz CT molecular complexity index is 3520. The van der Waals surface area contributed by atoms with E-state index in [9.17, 15) is 33.6 Å². The first-order valence-corrected chi connectivity index (χ1v) is 25.8. The molecule has 8 N–H and O–H groups in total. The van der Waals surface area contributed by atoms with Gasteiger partial charge in [0.2, 0.25) is 41.2 Å². The van der Waals surface area contributed by atoms with Crippen molar-refractivity contribution in [2.75, 3.05) is 44.9 Å². The van der Waals surface area contributed by atoms with E-state index in [1.54, 1.807) is 30.7 Å². The average molecular weight is 1070 g/mol. The first kappa shape index (κ1) is 54.7. The number of ether oxygens (including phenoxy) is 2. The van der Waals surface area contributed by atoms with Crippen molar-refractivity contribution in [2.24, 2.45) is 17.2 Å². The number of nitrogens with two attached hydrogens (primary N) is 3. The Labute approximate surface area is 444 Å². The van der Waals surface area contributed by atoms with Crippen molar-refractivity contribution >= 4 is 92.1 Å². The molecular weight excluding hydrogens is 1010 g/mol. The summed E-state index contributed by atoms with van der Waals surface area (Å²) in [4.78, 5) is 106. The van der Waals surface area contributed by atoms with Crippen LogP contribution in [0, 0.1) is 13.8 Å². The molecule has 2 aromatic carbocycles. The standard InChI is InChI=1S/C52H59N13O11S/c1-7-34-45(76-28(4)56-34)49(70)59-52-58-36-22-30(47(55)69)24-39(75-19-11-15-61(5)41(66)14-18-62-42(67)25-40(50(62)71)77-26-33(53)51(72)73)44(36)64(52)17-10-9-16-63-43-32(21-29(46(54)68)23-38(43)74-6)31-12-13-35(57-48(31)63)37-20-27(3)60-65(37)8-2/h9-10,12-13,20-24,33,40H,7-8,11,14-19,25-26,53H2,1-6H3,(H2,54,68)(H2,55,69)(H,72,73)(H,58,59,70)/b10-9+/t33-,40?/m0/s1. The number of pyridine rings is 1. The largest absolute Gasteiger partial charge is 0.495 e. The molecule has 0 saturated carbocycles. The minimum atomic E-state index is -1.21. The number of carboxylic acid groups (broad SMARTS) is 1. The molecule has 1 saturated heterocycles. The maximum atomic E-state index is 13.9. The second-order valence-electron chi connectivity index (χ2n) is 18.3. The zero-order valence-electron chi connectivity index (χ0n) is 43.3. The second-order valence-corrected chi connectivity index (χ2v) is 19.5. The molecule has 0 spiro atoms. The lowest BCUT2D eigenvalue weighted by Crippen LogP contribution is -2.37. The number of thioether (sulfide) groups is 1. The zero-order chi connectivity index (χ0) is 55.4. The quantitative estimate of drug-likeness (QED) is 0.0322. The number of primary amides is 2. The number of nitrogens with zero attached hydrogens (tertiary/aromatic N) is 9. The van der Waals surface area contributed by atoms with Crippen molar-refractivity contribution in [1.82, 2.24) is 43.7 Å². The van der Waals surface area contributed by atoms with Gasteiger partial charge < -0.3 is 50.2 Å². The first-order chi connectivity index (χ1) is 36.8. The number of aryl methyl sites for hydroxylation is 4. The summed E-state index contributed by atoms with van der Waals surface area (Å²) in [5, 5.41) is 17.3. The Kier molecular flexibility index (Phi) is 16.4. The van der Waals surface area contributed by atoms with Gasteiger partial charge >= 0.3 is 5.97 Å². The topological polar surface area (TPSA) is 334 Å². The third kappa shape index (κ3) is 11.5. The molecule has 8 rings (SSSR count). The van der Waals surface area contributed by atoms with E-state index >= 15 is 0 Å². The van der Waals surface area contributed by atoms with Crippen LogP contribution in [0.1, 0.15) is 81.7 Å². The second kappa shape index (κ2) is 23.1. The number of benzene rings is 2. The number of imide groups is 1. The molecular formula is C52H59N13O11S. The average Bonchev–Trinajstić information content (AvgIpc) is 4.27. The summed E-state index contributed by atoms with van der Waals surface area (Å²) in [6.07, 6.45) is 4.23. The number of imidazole rings is 1. The van der Waals surface area contributed by atoms with Crippen LogP contribution in [0.2, 0.25) is 0 Å². The molecule has 1 aliphatic heterocycles. The smallest absolute Gasteiger partial charge is 0.321 e. The van der Waals surface area contributed by atoms with Crippen molar-refractivity contribution in [1.29, 1.82) is 0 Å². The summed E-state index contributed by atoms with van der Waals surface area (Å²) in [7, 11) is 3.09. The molecule has 24 nitrogen and oxygen atoms in total. The number of rotatable bonds is 24. The van der Waals surface area contributed by atoms with E-state index in [1.165, 1.54) is 24.1 Å². The molecule has 6 amide bonds. The summed E-state index contributed by atoms with van der Waals surface area (Å²) in [5.41, 5.74) is 22.2. The van der Waals surface area contributed by atoms with E-state index < -0.39 is 46.8 Å². The number of allylic oxidation sites excluding steroid dienone is 2. The maximum Gasteiger partial charge on any atom is 0.321 e. The van der Waals surface area contributed by atoms with Crippen molar-refractivity contribution in [3.8, 4) is 22.9 Å². The lowest BCUT2D eigenvalue weighted by atomic mass is 10.1. The normalized spacial score (nSPS) is 14.1. The number of fused-ring (bicyclic) bond motifs is 4. The molecule has 7 aromatic rings. The van der Waals surface area contributed by atoms with E-state index in [0.717, 1.165) is 33.4 Å². The molecule has 404 valence electrons. The fraction of sp³-hybridized carbons (Fsp3) is 0.365. The molecule has 77 heavy (non-hydrogen) atoms. The summed E-state index contributed by atoms with van der Waals surface area (Å²) in [5.74, 6) is -3.53. The van der Waals surface area contributed by atoms with Gasteiger partial charge in [-0.2, -0.15) is 5.10 Å². The fourth-order valence-corrected chi connectivity index (χ4v) is 10.3. The molecule has 0 bridgehead atoms. The van der Waals surface area contributed by atoms with E-state index in [4.69, 9.17) is 46.2 Å². The van der Waals surface area contributed by atoms with E-state index in [2.05, 4.69) is 15.4 Å².